The second kappa shape index (κ2) is 6.58. The van der Waals surface area contributed by atoms with Gasteiger partial charge in [-0.25, -0.2) is 9.67 Å². The molecular weight excluding hydrogens is 284 g/mol. The van der Waals surface area contributed by atoms with Gasteiger partial charge in [0.2, 0.25) is 0 Å². The molecule has 1 aliphatic heterocycles. The minimum atomic E-state index is 0.726. The van der Waals surface area contributed by atoms with Gasteiger partial charge in [-0.3, -0.25) is 4.90 Å². The van der Waals surface area contributed by atoms with Crippen molar-refractivity contribution in [3.63, 3.8) is 0 Å². The van der Waals surface area contributed by atoms with E-state index < -0.39 is 0 Å². The fourth-order valence-electron chi connectivity index (χ4n) is 3.05. The minimum absolute atomic E-state index is 0.726. The summed E-state index contributed by atoms with van der Waals surface area (Å²) in [5.74, 6) is 1.80. The van der Waals surface area contributed by atoms with Crippen molar-refractivity contribution < 1.29 is 0 Å². The van der Waals surface area contributed by atoms with E-state index in [1.165, 1.54) is 12.0 Å². The molecule has 1 aromatic carbocycles. The zero-order valence-electron chi connectivity index (χ0n) is 12.4. The van der Waals surface area contributed by atoms with Crippen LogP contribution in [-0.2, 0) is 19.5 Å². The number of aromatic nitrogens is 3. The number of aryl methyl sites for hydroxylation is 1. The second-order valence-electron chi connectivity index (χ2n) is 5.71. The van der Waals surface area contributed by atoms with Crippen molar-refractivity contribution >= 4 is 11.6 Å². The Kier molecular flexibility index (Phi) is 4.56. The smallest absolute Gasteiger partial charge is 0.140 e. The van der Waals surface area contributed by atoms with Gasteiger partial charge in [-0.1, -0.05) is 23.7 Å². The third-order valence-corrected chi connectivity index (χ3v) is 4.42. The highest BCUT2D eigenvalue weighted by atomic mass is 35.5. The molecule has 1 atom stereocenters. The monoisotopic (exact) mass is 304 g/mol. The van der Waals surface area contributed by atoms with Crippen LogP contribution >= 0.6 is 11.6 Å². The van der Waals surface area contributed by atoms with Gasteiger partial charge in [0.1, 0.15) is 12.2 Å². The number of nitrogens with zero attached hydrogens (tertiary/aromatic N) is 4. The Morgan fingerprint density at radius 3 is 2.86 bits per heavy atom. The maximum Gasteiger partial charge on any atom is 0.140 e. The summed E-state index contributed by atoms with van der Waals surface area (Å²) >= 11 is 5.94. The van der Waals surface area contributed by atoms with E-state index in [0.29, 0.717) is 0 Å². The summed E-state index contributed by atoms with van der Waals surface area (Å²) in [6.07, 6.45) is 4.04. The van der Waals surface area contributed by atoms with Crippen molar-refractivity contribution in [1.29, 1.82) is 0 Å². The van der Waals surface area contributed by atoms with Crippen LogP contribution in [-0.4, -0.2) is 32.8 Å². The molecule has 1 fully saturated rings. The van der Waals surface area contributed by atoms with Crippen LogP contribution < -0.4 is 0 Å². The molecular formula is C16H21ClN4. The summed E-state index contributed by atoms with van der Waals surface area (Å²) in [5, 5.41) is 5.05. The van der Waals surface area contributed by atoms with E-state index in [1.54, 1.807) is 6.33 Å². The summed E-state index contributed by atoms with van der Waals surface area (Å²) in [7, 11) is 0. The lowest BCUT2D eigenvalue weighted by Crippen LogP contribution is -2.23. The van der Waals surface area contributed by atoms with E-state index in [-0.39, 0.29) is 0 Å². The molecule has 2 heterocycles. The Balaban J connectivity index is 1.54. The Morgan fingerprint density at radius 2 is 2.10 bits per heavy atom. The van der Waals surface area contributed by atoms with Gasteiger partial charge in [0.25, 0.3) is 0 Å². The molecule has 112 valence electrons. The van der Waals surface area contributed by atoms with Crippen LogP contribution in [0.25, 0.3) is 0 Å². The number of hydrogen-bond donors (Lipinski definition) is 0. The molecule has 3 rings (SSSR count). The molecule has 0 saturated carbocycles. The van der Waals surface area contributed by atoms with Crippen molar-refractivity contribution in [2.24, 2.45) is 5.92 Å². The van der Waals surface area contributed by atoms with Crippen molar-refractivity contribution in [2.45, 2.75) is 32.9 Å². The van der Waals surface area contributed by atoms with Crippen molar-refractivity contribution in [3.05, 3.63) is 47.0 Å². The van der Waals surface area contributed by atoms with E-state index in [4.69, 9.17) is 11.6 Å². The van der Waals surface area contributed by atoms with Gasteiger partial charge in [0.15, 0.2) is 0 Å². The zero-order chi connectivity index (χ0) is 14.7. The van der Waals surface area contributed by atoms with Crippen LogP contribution in [0.5, 0.6) is 0 Å². The van der Waals surface area contributed by atoms with Crippen LogP contribution in [0.15, 0.2) is 30.6 Å². The van der Waals surface area contributed by atoms with Gasteiger partial charge in [0, 0.05) is 18.1 Å². The standard InChI is InChI=1S/C16H21ClN4/c1-2-21-16(18-12-19-21)11-20-8-7-14(10-20)9-13-3-5-15(17)6-4-13/h3-6,12,14H,2,7-11H2,1H3. The number of rotatable bonds is 5. The average Bonchev–Trinajstić information content (AvgIpc) is 3.11. The van der Waals surface area contributed by atoms with E-state index >= 15 is 0 Å². The molecule has 0 N–H and O–H groups in total. The number of likely N-dealkylation sites (tertiary alicyclic amines) is 1. The summed E-state index contributed by atoms with van der Waals surface area (Å²) < 4.78 is 1.98. The first-order valence-electron chi connectivity index (χ1n) is 7.58. The summed E-state index contributed by atoms with van der Waals surface area (Å²) in [6, 6.07) is 8.23. The van der Waals surface area contributed by atoms with Crippen molar-refractivity contribution in [2.75, 3.05) is 13.1 Å². The van der Waals surface area contributed by atoms with Gasteiger partial charge >= 0.3 is 0 Å². The van der Waals surface area contributed by atoms with E-state index in [2.05, 4.69) is 34.0 Å². The molecule has 0 aliphatic carbocycles. The summed E-state index contributed by atoms with van der Waals surface area (Å²) in [6.45, 7) is 6.18. The third-order valence-electron chi connectivity index (χ3n) is 4.17. The first kappa shape index (κ1) is 14.5. The summed E-state index contributed by atoms with van der Waals surface area (Å²) in [4.78, 5) is 6.85. The normalized spacial score (nSPS) is 19.2. The second-order valence-corrected chi connectivity index (χ2v) is 6.15. The fraction of sp³-hybridized carbons (Fsp3) is 0.500. The molecule has 21 heavy (non-hydrogen) atoms. The molecule has 0 spiro atoms. The highest BCUT2D eigenvalue weighted by Crippen LogP contribution is 2.22. The Morgan fingerprint density at radius 1 is 1.29 bits per heavy atom. The molecule has 1 aliphatic rings. The molecule has 0 amide bonds. The first-order valence-corrected chi connectivity index (χ1v) is 7.96. The Labute approximate surface area is 130 Å². The SMILES string of the molecule is CCn1ncnc1CN1CCC(Cc2ccc(Cl)cc2)C1. The maximum atomic E-state index is 5.94. The highest BCUT2D eigenvalue weighted by Gasteiger charge is 2.23. The van der Waals surface area contributed by atoms with E-state index in [0.717, 1.165) is 49.4 Å². The zero-order valence-corrected chi connectivity index (χ0v) is 13.1. The van der Waals surface area contributed by atoms with Crippen LogP contribution in [0, 0.1) is 5.92 Å². The van der Waals surface area contributed by atoms with Crippen LogP contribution in [0.3, 0.4) is 0 Å². The largest absolute Gasteiger partial charge is 0.296 e. The quantitative estimate of drug-likeness (QED) is 0.851. The number of halogens is 1. The number of hydrogen-bond acceptors (Lipinski definition) is 3. The molecule has 0 radical (unpaired) electrons. The van der Waals surface area contributed by atoms with Crippen LogP contribution in [0.2, 0.25) is 5.02 Å². The van der Waals surface area contributed by atoms with Gasteiger partial charge < -0.3 is 0 Å². The minimum Gasteiger partial charge on any atom is -0.296 e. The summed E-state index contributed by atoms with van der Waals surface area (Å²) in [5.41, 5.74) is 1.38. The molecule has 0 bridgehead atoms. The molecule has 1 aromatic heterocycles. The molecule has 1 unspecified atom stereocenters. The van der Waals surface area contributed by atoms with Crippen molar-refractivity contribution in [3.8, 4) is 0 Å². The fourth-order valence-corrected chi connectivity index (χ4v) is 3.18. The lowest BCUT2D eigenvalue weighted by molar-refractivity contribution is 0.301. The molecule has 1 saturated heterocycles. The van der Waals surface area contributed by atoms with Crippen LogP contribution in [0.1, 0.15) is 24.7 Å². The van der Waals surface area contributed by atoms with E-state index in [9.17, 15) is 0 Å². The lowest BCUT2D eigenvalue weighted by atomic mass is 9.99. The molecule has 2 aromatic rings. The molecule has 5 heteroatoms. The van der Waals surface area contributed by atoms with Crippen molar-refractivity contribution in [1.82, 2.24) is 19.7 Å². The maximum absolute atomic E-state index is 5.94. The van der Waals surface area contributed by atoms with Gasteiger partial charge in [-0.05, 0) is 49.9 Å². The predicted octanol–water partition coefficient (Wildman–Crippen LogP) is 3.02. The third kappa shape index (κ3) is 3.63. The van der Waals surface area contributed by atoms with Gasteiger partial charge in [0.05, 0.1) is 6.54 Å². The van der Waals surface area contributed by atoms with E-state index in [1.807, 2.05) is 16.8 Å². The lowest BCUT2D eigenvalue weighted by Gasteiger charge is -2.15. The Bertz CT molecular complexity index is 578. The molecule has 4 nitrogen and oxygen atoms in total. The van der Waals surface area contributed by atoms with Gasteiger partial charge in [-0.2, -0.15) is 5.10 Å². The topological polar surface area (TPSA) is 34.0 Å². The predicted molar refractivity (Wildman–Crippen MR) is 84.2 cm³/mol. The van der Waals surface area contributed by atoms with Gasteiger partial charge in [-0.15, -0.1) is 0 Å². The first-order chi connectivity index (χ1) is 10.2. The average molecular weight is 305 g/mol. The Hall–Kier alpha value is -1.39. The highest BCUT2D eigenvalue weighted by molar-refractivity contribution is 6.30. The number of benzene rings is 1. The van der Waals surface area contributed by atoms with Crippen LogP contribution in [0.4, 0.5) is 0 Å².